The van der Waals surface area contributed by atoms with Crippen LogP contribution in [-0.4, -0.2) is 37.2 Å². The first kappa shape index (κ1) is 70.3. The van der Waals surface area contributed by atoms with E-state index in [0.29, 0.717) is 19.3 Å². The lowest BCUT2D eigenvalue weighted by molar-refractivity contribution is -0.167. The van der Waals surface area contributed by atoms with Gasteiger partial charge in [0.05, 0.1) is 0 Å². The Bertz CT molecular complexity index is 1460. The van der Waals surface area contributed by atoms with E-state index in [1.807, 2.05) is 0 Å². The smallest absolute Gasteiger partial charge is 0.306 e. The molecule has 0 N–H and O–H groups in total. The summed E-state index contributed by atoms with van der Waals surface area (Å²) in [5.41, 5.74) is 0. The minimum Gasteiger partial charge on any atom is -0.462 e. The molecule has 0 fully saturated rings. The number of hydrogen-bond acceptors (Lipinski definition) is 6. The lowest BCUT2D eigenvalue weighted by Crippen LogP contribution is -2.30. The van der Waals surface area contributed by atoms with Gasteiger partial charge in [0.15, 0.2) is 6.10 Å². The van der Waals surface area contributed by atoms with Crippen LogP contribution in [0.15, 0.2) is 97.2 Å². The van der Waals surface area contributed by atoms with Crippen LogP contribution in [0.5, 0.6) is 0 Å². The molecule has 6 heteroatoms. The fourth-order valence-corrected chi connectivity index (χ4v) is 8.66. The molecule has 6 nitrogen and oxygen atoms in total. The molecule has 0 aromatic carbocycles. The highest BCUT2D eigenvalue weighted by molar-refractivity contribution is 5.71. The van der Waals surface area contributed by atoms with Crippen LogP contribution in [0.1, 0.15) is 297 Å². The van der Waals surface area contributed by atoms with E-state index in [-0.39, 0.29) is 37.5 Å². The summed E-state index contributed by atoms with van der Waals surface area (Å²) in [5, 5.41) is 0. The molecular weight excluding hydrogens is 913 g/mol. The van der Waals surface area contributed by atoms with Crippen LogP contribution in [0.2, 0.25) is 0 Å². The summed E-state index contributed by atoms with van der Waals surface area (Å²) in [7, 11) is 0. The van der Waals surface area contributed by atoms with Crippen LogP contribution in [0.25, 0.3) is 0 Å². The third-order valence-corrected chi connectivity index (χ3v) is 13.3. The highest BCUT2D eigenvalue weighted by atomic mass is 16.6. The van der Waals surface area contributed by atoms with Gasteiger partial charge in [-0.25, -0.2) is 0 Å². The Hall–Kier alpha value is -3.67. The third kappa shape index (κ3) is 59.2. The van der Waals surface area contributed by atoms with Crippen LogP contribution >= 0.6 is 0 Å². The van der Waals surface area contributed by atoms with Gasteiger partial charge in [0, 0.05) is 19.3 Å². The molecule has 0 aliphatic rings. The average molecular weight is 1030 g/mol. The van der Waals surface area contributed by atoms with Crippen molar-refractivity contribution in [2.75, 3.05) is 13.2 Å². The van der Waals surface area contributed by atoms with Gasteiger partial charge < -0.3 is 14.2 Å². The predicted octanol–water partition coefficient (Wildman–Crippen LogP) is 21.3. The molecule has 424 valence electrons. The molecule has 0 saturated carbocycles. The molecule has 0 aliphatic heterocycles. The molecule has 74 heavy (non-hydrogen) atoms. The van der Waals surface area contributed by atoms with Crippen LogP contribution in [-0.2, 0) is 28.6 Å². The lowest BCUT2D eigenvalue weighted by atomic mass is 10.0. The van der Waals surface area contributed by atoms with Gasteiger partial charge in [0.2, 0.25) is 0 Å². The van der Waals surface area contributed by atoms with Crippen molar-refractivity contribution in [3.05, 3.63) is 97.2 Å². The van der Waals surface area contributed by atoms with Crippen molar-refractivity contribution in [1.29, 1.82) is 0 Å². The summed E-state index contributed by atoms with van der Waals surface area (Å²) in [6.45, 7) is 6.50. The number of esters is 3. The normalized spacial score (nSPS) is 12.7. The summed E-state index contributed by atoms with van der Waals surface area (Å²) >= 11 is 0. The lowest BCUT2D eigenvalue weighted by Gasteiger charge is -2.18. The summed E-state index contributed by atoms with van der Waals surface area (Å²) < 4.78 is 16.9. The first-order valence-electron chi connectivity index (χ1n) is 31.2. The van der Waals surface area contributed by atoms with Crippen molar-refractivity contribution in [3.8, 4) is 0 Å². The molecule has 0 heterocycles. The van der Waals surface area contributed by atoms with Crippen LogP contribution in [0.4, 0.5) is 0 Å². The molecule has 0 saturated heterocycles. The molecule has 0 rings (SSSR count). The van der Waals surface area contributed by atoms with E-state index in [2.05, 4.69) is 118 Å². The van der Waals surface area contributed by atoms with Gasteiger partial charge in [-0.05, 0) is 96.3 Å². The second-order valence-corrected chi connectivity index (χ2v) is 20.6. The summed E-state index contributed by atoms with van der Waals surface area (Å²) in [6, 6.07) is 0. The maximum Gasteiger partial charge on any atom is 0.306 e. The maximum atomic E-state index is 12.9. The van der Waals surface area contributed by atoms with E-state index in [9.17, 15) is 14.4 Å². The van der Waals surface area contributed by atoms with Gasteiger partial charge in [0.1, 0.15) is 13.2 Å². The van der Waals surface area contributed by atoms with Gasteiger partial charge in [-0.1, -0.05) is 279 Å². The van der Waals surface area contributed by atoms with E-state index in [1.165, 1.54) is 154 Å². The fourth-order valence-electron chi connectivity index (χ4n) is 8.66. The number of hydrogen-bond donors (Lipinski definition) is 0. The van der Waals surface area contributed by atoms with E-state index < -0.39 is 6.10 Å². The van der Waals surface area contributed by atoms with Gasteiger partial charge in [0.25, 0.3) is 0 Å². The Morgan fingerprint density at radius 2 is 0.541 bits per heavy atom. The highest BCUT2D eigenvalue weighted by Crippen LogP contribution is 2.16. The number of carbonyl (C=O) groups excluding carboxylic acids is 3. The van der Waals surface area contributed by atoms with Gasteiger partial charge in [-0.2, -0.15) is 0 Å². The van der Waals surface area contributed by atoms with E-state index >= 15 is 0 Å². The van der Waals surface area contributed by atoms with Crippen LogP contribution in [0, 0.1) is 0 Å². The number of carbonyl (C=O) groups is 3. The van der Waals surface area contributed by atoms with Crippen molar-refractivity contribution in [2.45, 2.75) is 303 Å². The zero-order chi connectivity index (χ0) is 53.6. The Morgan fingerprint density at radius 3 is 0.892 bits per heavy atom. The predicted molar refractivity (Wildman–Crippen MR) is 320 cm³/mol. The SMILES string of the molecule is CC/C=C\C/C=C\C/C=C\C/C=C\C/C=C\C/C=C\C/C=C\CCCC(=O)OCC(COC(=O)CCCCCCC/C=C\CCCCCCCCC)OC(=O)CCCCCCCCCCCCCCCCCCC. The molecule has 1 unspecified atom stereocenters. The van der Waals surface area contributed by atoms with Gasteiger partial charge in [-0.15, -0.1) is 0 Å². The zero-order valence-electron chi connectivity index (χ0n) is 48.6. The molecular formula is C68H116O6. The van der Waals surface area contributed by atoms with Crippen LogP contribution in [0.3, 0.4) is 0 Å². The van der Waals surface area contributed by atoms with Crippen LogP contribution < -0.4 is 0 Å². The molecule has 0 bridgehead atoms. The Morgan fingerprint density at radius 1 is 0.284 bits per heavy atom. The van der Waals surface area contributed by atoms with Crippen molar-refractivity contribution < 1.29 is 28.6 Å². The monoisotopic (exact) mass is 1030 g/mol. The summed E-state index contributed by atoms with van der Waals surface area (Å²) in [4.78, 5) is 38.3. The van der Waals surface area contributed by atoms with Crippen molar-refractivity contribution >= 4 is 17.9 Å². The Kier molecular flexibility index (Phi) is 58.8. The molecule has 0 aromatic heterocycles. The molecule has 1 atom stereocenters. The van der Waals surface area contributed by atoms with Crippen molar-refractivity contribution in [2.24, 2.45) is 0 Å². The highest BCUT2D eigenvalue weighted by Gasteiger charge is 2.19. The minimum absolute atomic E-state index is 0.0978. The number of unbranched alkanes of at least 4 members (excludes halogenated alkanes) is 29. The van der Waals surface area contributed by atoms with Gasteiger partial charge in [-0.3, -0.25) is 14.4 Å². The Labute approximate surface area is 457 Å². The number of ether oxygens (including phenoxy) is 3. The first-order valence-corrected chi connectivity index (χ1v) is 31.2. The first-order chi connectivity index (χ1) is 36.5. The Balaban J connectivity index is 4.47. The standard InChI is InChI=1S/C68H116O6/c1-4-7-10-13-16-19-22-25-28-31-32-33-34-35-36-38-40-43-46-49-52-55-58-61-67(70)73-64-65(63-72-66(69)60-57-54-51-48-45-42-39-30-27-24-21-18-15-12-9-6-3)74-68(71)62-59-56-53-50-47-44-41-37-29-26-23-20-17-14-11-8-5-2/h7,10,16,19,25,28,30,32-33,35-36,39-40,43,49,52,65H,4-6,8-9,11-15,17-18,20-24,26-27,29,31,34,37-38,41-42,44-48,50-51,53-64H2,1-3H3/b10-7-,19-16-,28-25-,33-32-,36-35-,39-30-,43-40-,52-49-. The molecule has 0 radical (unpaired) electrons. The fraction of sp³-hybridized carbons (Fsp3) is 0.721. The molecule has 0 aliphatic carbocycles. The number of allylic oxidation sites excluding steroid dienone is 16. The minimum atomic E-state index is -0.804. The third-order valence-electron chi connectivity index (χ3n) is 13.3. The topological polar surface area (TPSA) is 78.9 Å². The van der Waals surface area contributed by atoms with Crippen molar-refractivity contribution in [1.82, 2.24) is 0 Å². The van der Waals surface area contributed by atoms with E-state index in [4.69, 9.17) is 14.2 Å². The van der Waals surface area contributed by atoms with Crippen molar-refractivity contribution in [3.63, 3.8) is 0 Å². The average Bonchev–Trinajstić information content (AvgIpc) is 3.40. The molecule has 0 spiro atoms. The molecule has 0 aromatic rings. The van der Waals surface area contributed by atoms with Gasteiger partial charge >= 0.3 is 17.9 Å². The number of rotatable bonds is 56. The zero-order valence-corrected chi connectivity index (χ0v) is 48.6. The largest absolute Gasteiger partial charge is 0.462 e. The summed E-state index contributed by atoms with van der Waals surface area (Å²) in [5.74, 6) is -0.957. The van der Waals surface area contributed by atoms with E-state index in [0.717, 1.165) is 96.3 Å². The second kappa shape index (κ2) is 61.9. The van der Waals surface area contributed by atoms with E-state index in [1.54, 1.807) is 0 Å². The summed E-state index contributed by atoms with van der Waals surface area (Å²) in [6.07, 6.45) is 82.7. The quantitative estimate of drug-likeness (QED) is 0.0261. The maximum absolute atomic E-state index is 12.9. The second-order valence-electron chi connectivity index (χ2n) is 20.6. The molecule has 0 amide bonds.